The second-order valence-corrected chi connectivity index (χ2v) is 4.43. The van der Waals surface area contributed by atoms with Gasteiger partial charge in [-0.1, -0.05) is 24.6 Å². The molecule has 1 aromatic heterocycles. The Morgan fingerprint density at radius 1 is 1.39 bits per heavy atom. The Morgan fingerprint density at radius 2 is 2.17 bits per heavy atom. The second kappa shape index (κ2) is 5.46. The molecule has 4 heteroatoms. The standard InChI is InChI=1S/C14H16ClNO2/c1-3-12-10(6-7-18-12)14(16)9-4-5-11(15)13(8-9)17-2/h4-8,14H,3,16H2,1-2H3. The Kier molecular flexibility index (Phi) is 3.94. The van der Waals surface area contributed by atoms with Gasteiger partial charge in [-0.05, 0) is 23.8 Å². The van der Waals surface area contributed by atoms with Crippen molar-refractivity contribution in [3.05, 3.63) is 52.4 Å². The van der Waals surface area contributed by atoms with E-state index in [0.717, 1.165) is 23.3 Å². The Hall–Kier alpha value is -1.45. The summed E-state index contributed by atoms with van der Waals surface area (Å²) in [5, 5.41) is 0.580. The fourth-order valence-corrected chi connectivity index (χ4v) is 2.16. The Balaban J connectivity index is 2.37. The minimum Gasteiger partial charge on any atom is -0.495 e. The maximum atomic E-state index is 6.25. The van der Waals surface area contributed by atoms with Gasteiger partial charge >= 0.3 is 0 Å². The fraction of sp³-hybridized carbons (Fsp3) is 0.286. The highest BCUT2D eigenvalue weighted by Crippen LogP contribution is 2.30. The molecule has 0 radical (unpaired) electrons. The summed E-state index contributed by atoms with van der Waals surface area (Å²) in [6.07, 6.45) is 2.49. The number of rotatable bonds is 4. The van der Waals surface area contributed by atoms with Crippen molar-refractivity contribution >= 4 is 11.6 Å². The molecule has 0 saturated heterocycles. The van der Waals surface area contributed by atoms with Gasteiger partial charge in [0.15, 0.2) is 0 Å². The van der Waals surface area contributed by atoms with Crippen molar-refractivity contribution in [1.29, 1.82) is 0 Å². The lowest BCUT2D eigenvalue weighted by molar-refractivity contribution is 0.414. The van der Waals surface area contributed by atoms with Crippen LogP contribution in [0.15, 0.2) is 34.9 Å². The van der Waals surface area contributed by atoms with Crippen LogP contribution in [0.4, 0.5) is 0 Å². The number of ether oxygens (including phenoxy) is 1. The lowest BCUT2D eigenvalue weighted by atomic mass is 9.99. The van der Waals surface area contributed by atoms with Crippen LogP contribution >= 0.6 is 11.6 Å². The van der Waals surface area contributed by atoms with Crippen molar-refractivity contribution in [1.82, 2.24) is 0 Å². The zero-order chi connectivity index (χ0) is 13.1. The average Bonchev–Trinajstić information content (AvgIpc) is 2.86. The summed E-state index contributed by atoms with van der Waals surface area (Å²) >= 11 is 6.00. The highest BCUT2D eigenvalue weighted by Gasteiger charge is 2.16. The predicted molar refractivity (Wildman–Crippen MR) is 72.1 cm³/mol. The number of halogens is 1. The van der Waals surface area contributed by atoms with E-state index in [1.165, 1.54) is 0 Å². The number of furan rings is 1. The monoisotopic (exact) mass is 265 g/mol. The van der Waals surface area contributed by atoms with Crippen LogP contribution in [0.2, 0.25) is 5.02 Å². The highest BCUT2D eigenvalue weighted by molar-refractivity contribution is 6.32. The molecular weight excluding hydrogens is 250 g/mol. The van der Waals surface area contributed by atoms with Crippen LogP contribution in [-0.4, -0.2) is 7.11 Å². The van der Waals surface area contributed by atoms with Crippen molar-refractivity contribution in [2.45, 2.75) is 19.4 Å². The molecule has 1 unspecified atom stereocenters. The van der Waals surface area contributed by atoms with E-state index in [-0.39, 0.29) is 6.04 Å². The third kappa shape index (κ3) is 2.37. The van der Waals surface area contributed by atoms with E-state index in [1.54, 1.807) is 19.4 Å². The topological polar surface area (TPSA) is 48.4 Å². The first kappa shape index (κ1) is 13.0. The molecule has 0 fully saturated rings. The summed E-state index contributed by atoms with van der Waals surface area (Å²) < 4.78 is 10.6. The quantitative estimate of drug-likeness (QED) is 0.920. The maximum absolute atomic E-state index is 6.25. The van der Waals surface area contributed by atoms with Gasteiger partial charge in [-0.2, -0.15) is 0 Å². The number of hydrogen-bond acceptors (Lipinski definition) is 3. The van der Waals surface area contributed by atoms with Crippen LogP contribution in [0.1, 0.15) is 29.9 Å². The molecule has 1 aromatic carbocycles. The van der Waals surface area contributed by atoms with Gasteiger partial charge in [-0.25, -0.2) is 0 Å². The van der Waals surface area contributed by atoms with Gasteiger partial charge < -0.3 is 14.9 Å². The van der Waals surface area contributed by atoms with E-state index in [1.807, 2.05) is 25.1 Å². The molecule has 18 heavy (non-hydrogen) atoms. The number of nitrogens with two attached hydrogens (primary N) is 1. The van der Waals surface area contributed by atoms with E-state index in [0.29, 0.717) is 10.8 Å². The first-order chi connectivity index (χ1) is 8.67. The lowest BCUT2D eigenvalue weighted by Gasteiger charge is -2.13. The van der Waals surface area contributed by atoms with Crippen LogP contribution in [-0.2, 0) is 6.42 Å². The third-order valence-corrected chi connectivity index (χ3v) is 3.28. The number of aryl methyl sites for hydroxylation is 1. The summed E-state index contributed by atoms with van der Waals surface area (Å²) in [4.78, 5) is 0. The van der Waals surface area contributed by atoms with Crippen molar-refractivity contribution < 1.29 is 9.15 Å². The minimum absolute atomic E-state index is 0.232. The van der Waals surface area contributed by atoms with E-state index < -0.39 is 0 Å². The molecule has 3 nitrogen and oxygen atoms in total. The van der Waals surface area contributed by atoms with Crippen LogP contribution in [0.3, 0.4) is 0 Å². The SMILES string of the molecule is CCc1occc1C(N)c1ccc(Cl)c(OC)c1. The van der Waals surface area contributed by atoms with Crippen molar-refractivity contribution in [2.24, 2.45) is 5.73 Å². The molecule has 2 N–H and O–H groups in total. The van der Waals surface area contributed by atoms with Gasteiger partial charge in [0.25, 0.3) is 0 Å². The molecule has 0 aliphatic heterocycles. The Bertz CT molecular complexity index is 536. The van der Waals surface area contributed by atoms with Crippen molar-refractivity contribution in [3.8, 4) is 5.75 Å². The van der Waals surface area contributed by atoms with Gasteiger partial charge in [-0.3, -0.25) is 0 Å². The van der Waals surface area contributed by atoms with Gasteiger partial charge in [0.2, 0.25) is 0 Å². The number of hydrogen-bond donors (Lipinski definition) is 1. The molecule has 96 valence electrons. The Morgan fingerprint density at radius 3 is 2.83 bits per heavy atom. The van der Waals surface area contributed by atoms with E-state index in [9.17, 15) is 0 Å². The largest absolute Gasteiger partial charge is 0.495 e. The first-order valence-corrected chi connectivity index (χ1v) is 6.20. The zero-order valence-electron chi connectivity index (χ0n) is 10.4. The molecule has 2 aromatic rings. The van der Waals surface area contributed by atoms with Crippen LogP contribution < -0.4 is 10.5 Å². The van der Waals surface area contributed by atoms with Crippen LogP contribution in [0.5, 0.6) is 5.75 Å². The van der Waals surface area contributed by atoms with Gasteiger partial charge in [0.1, 0.15) is 11.5 Å². The summed E-state index contributed by atoms with van der Waals surface area (Å²) in [6, 6.07) is 7.23. The van der Waals surface area contributed by atoms with Crippen LogP contribution in [0, 0.1) is 0 Å². The lowest BCUT2D eigenvalue weighted by Crippen LogP contribution is -2.12. The molecule has 0 spiro atoms. The summed E-state index contributed by atoms with van der Waals surface area (Å²) in [6.45, 7) is 2.04. The highest BCUT2D eigenvalue weighted by atomic mass is 35.5. The van der Waals surface area contributed by atoms with Gasteiger partial charge in [0.05, 0.1) is 24.4 Å². The van der Waals surface area contributed by atoms with Crippen LogP contribution in [0.25, 0.3) is 0 Å². The van der Waals surface area contributed by atoms with Crippen molar-refractivity contribution in [3.63, 3.8) is 0 Å². The summed E-state index contributed by atoms with van der Waals surface area (Å²) in [7, 11) is 1.59. The molecule has 1 atom stereocenters. The van der Waals surface area contributed by atoms with Crippen molar-refractivity contribution in [2.75, 3.05) is 7.11 Å². The molecule has 1 heterocycles. The molecule has 0 bridgehead atoms. The van der Waals surface area contributed by atoms with Gasteiger partial charge in [0, 0.05) is 12.0 Å². The number of benzene rings is 1. The molecule has 0 aliphatic rings. The smallest absolute Gasteiger partial charge is 0.137 e. The minimum atomic E-state index is -0.232. The molecule has 0 amide bonds. The molecular formula is C14H16ClNO2. The van der Waals surface area contributed by atoms with Gasteiger partial charge in [-0.15, -0.1) is 0 Å². The Labute approximate surface area is 111 Å². The molecule has 0 saturated carbocycles. The third-order valence-electron chi connectivity index (χ3n) is 2.97. The van der Waals surface area contributed by atoms with E-state index >= 15 is 0 Å². The van der Waals surface area contributed by atoms with E-state index in [2.05, 4.69) is 0 Å². The molecule has 2 rings (SSSR count). The predicted octanol–water partition coefficient (Wildman–Crippen LogP) is 3.55. The fourth-order valence-electron chi connectivity index (χ4n) is 1.96. The van der Waals surface area contributed by atoms with E-state index in [4.69, 9.17) is 26.5 Å². The normalized spacial score (nSPS) is 12.4. The summed E-state index contributed by atoms with van der Waals surface area (Å²) in [5.41, 5.74) is 8.21. The average molecular weight is 266 g/mol. The number of methoxy groups -OCH3 is 1. The maximum Gasteiger partial charge on any atom is 0.137 e. The zero-order valence-corrected chi connectivity index (χ0v) is 11.2. The summed E-state index contributed by atoms with van der Waals surface area (Å²) in [5.74, 6) is 1.54. The second-order valence-electron chi connectivity index (χ2n) is 4.02. The first-order valence-electron chi connectivity index (χ1n) is 5.82. The molecule has 0 aliphatic carbocycles.